The van der Waals surface area contributed by atoms with E-state index in [0.29, 0.717) is 17.0 Å². The van der Waals surface area contributed by atoms with Gasteiger partial charge in [-0.2, -0.15) is 11.8 Å². The number of nitrogens with zero attached hydrogens (tertiary/aromatic N) is 1. The summed E-state index contributed by atoms with van der Waals surface area (Å²) in [6, 6.07) is 1.18. The Morgan fingerprint density at radius 3 is 2.12 bits per heavy atom. The molecule has 0 fully saturated rings. The molecule has 0 aliphatic heterocycles. The summed E-state index contributed by atoms with van der Waals surface area (Å²) in [7, 11) is 0. The first-order valence-corrected chi connectivity index (χ1v) is 13.7. The number of amides is 3. The largest absolute Gasteiger partial charge is 0.508 e. The predicted molar refractivity (Wildman–Crippen MR) is 145 cm³/mol. The molecule has 40 heavy (non-hydrogen) atoms. The summed E-state index contributed by atoms with van der Waals surface area (Å²) < 4.78 is 0. The molecule has 3 amide bonds. The van der Waals surface area contributed by atoms with E-state index in [0.717, 1.165) is 0 Å². The Bertz CT molecular complexity index is 1140. The topological polar surface area (TPSA) is 237 Å². The number of H-pyrrole nitrogens is 1. The van der Waals surface area contributed by atoms with E-state index < -0.39 is 60.2 Å². The first-order chi connectivity index (χ1) is 19.0. The number of nitrogens with one attached hydrogen (secondary N) is 4. The van der Waals surface area contributed by atoms with Gasteiger partial charge in [-0.3, -0.25) is 19.2 Å². The van der Waals surface area contributed by atoms with Crippen molar-refractivity contribution in [3.63, 3.8) is 0 Å². The Balaban J connectivity index is 2.20. The SMILES string of the molecule is CSCCC(NC(=O)C(Cc1ccc(O)cc1)NC(=O)C(N)Cc1cnc[nH]1)C(=O)NC(CCC(=O)O)C(=O)O. The fraction of sp³-hybridized carbons (Fsp3) is 0.440. The summed E-state index contributed by atoms with van der Waals surface area (Å²) in [5, 5.41) is 35.4. The van der Waals surface area contributed by atoms with Crippen molar-refractivity contribution in [1.82, 2.24) is 25.9 Å². The quantitative estimate of drug-likeness (QED) is 0.118. The molecule has 0 spiro atoms. The zero-order valence-electron chi connectivity index (χ0n) is 21.8. The van der Waals surface area contributed by atoms with Gasteiger partial charge < -0.3 is 42.0 Å². The normalized spacial score (nSPS) is 13.8. The number of aromatic nitrogens is 2. The highest BCUT2D eigenvalue weighted by atomic mass is 32.2. The predicted octanol–water partition coefficient (Wildman–Crippen LogP) is -0.615. The number of carbonyl (C=O) groups is 5. The van der Waals surface area contributed by atoms with Crippen molar-refractivity contribution >= 4 is 41.4 Å². The van der Waals surface area contributed by atoms with Crippen LogP contribution in [0.3, 0.4) is 0 Å². The van der Waals surface area contributed by atoms with Crippen molar-refractivity contribution in [2.75, 3.05) is 12.0 Å². The van der Waals surface area contributed by atoms with E-state index in [2.05, 4.69) is 25.9 Å². The number of benzene rings is 1. The molecule has 9 N–H and O–H groups in total. The molecule has 218 valence electrons. The van der Waals surface area contributed by atoms with Crippen LogP contribution in [0.25, 0.3) is 0 Å². The van der Waals surface area contributed by atoms with Crippen molar-refractivity contribution in [3.05, 3.63) is 48.0 Å². The molecular weight excluding hydrogens is 544 g/mol. The maximum atomic E-state index is 13.4. The second-order valence-corrected chi connectivity index (χ2v) is 9.98. The molecule has 2 aromatic rings. The first-order valence-electron chi connectivity index (χ1n) is 12.4. The maximum Gasteiger partial charge on any atom is 0.326 e. The van der Waals surface area contributed by atoms with E-state index >= 15 is 0 Å². The zero-order chi connectivity index (χ0) is 29.7. The average molecular weight is 579 g/mol. The van der Waals surface area contributed by atoms with Crippen molar-refractivity contribution in [2.45, 2.75) is 56.3 Å². The van der Waals surface area contributed by atoms with Crippen LogP contribution in [0.5, 0.6) is 5.75 Å². The summed E-state index contributed by atoms with van der Waals surface area (Å²) in [5.74, 6) is -4.31. The van der Waals surface area contributed by atoms with Gasteiger partial charge in [0, 0.05) is 31.2 Å². The highest BCUT2D eigenvalue weighted by Gasteiger charge is 2.30. The number of carboxylic acid groups (broad SMARTS) is 2. The number of phenols is 1. The van der Waals surface area contributed by atoms with Crippen LogP contribution < -0.4 is 21.7 Å². The number of carbonyl (C=O) groups excluding carboxylic acids is 3. The number of nitrogens with two attached hydrogens (primary N) is 1. The van der Waals surface area contributed by atoms with Crippen molar-refractivity contribution in [1.29, 1.82) is 0 Å². The lowest BCUT2D eigenvalue weighted by molar-refractivity contribution is -0.143. The van der Waals surface area contributed by atoms with Crippen molar-refractivity contribution in [2.24, 2.45) is 5.73 Å². The molecule has 4 atom stereocenters. The van der Waals surface area contributed by atoms with Gasteiger partial charge in [0.2, 0.25) is 17.7 Å². The number of aromatic amines is 1. The minimum absolute atomic E-state index is 0.00185. The fourth-order valence-corrected chi connectivity index (χ4v) is 4.13. The summed E-state index contributed by atoms with van der Waals surface area (Å²) in [4.78, 5) is 68.4. The number of hydrogen-bond donors (Lipinski definition) is 8. The number of aliphatic carboxylic acids is 2. The Morgan fingerprint density at radius 2 is 1.55 bits per heavy atom. The molecule has 1 heterocycles. The van der Waals surface area contributed by atoms with Crippen LogP contribution in [-0.2, 0) is 36.8 Å². The molecule has 0 radical (unpaired) electrons. The van der Waals surface area contributed by atoms with E-state index in [-0.39, 0.29) is 31.4 Å². The molecule has 4 unspecified atom stereocenters. The Hall–Kier alpha value is -4.11. The minimum atomic E-state index is -1.47. The van der Waals surface area contributed by atoms with Gasteiger partial charge in [0.05, 0.1) is 12.4 Å². The summed E-state index contributed by atoms with van der Waals surface area (Å²) in [5.41, 5.74) is 7.25. The number of rotatable bonds is 17. The average Bonchev–Trinajstić information content (AvgIpc) is 3.42. The van der Waals surface area contributed by atoms with Gasteiger partial charge in [-0.25, -0.2) is 9.78 Å². The molecular formula is C25H34N6O8S. The van der Waals surface area contributed by atoms with Gasteiger partial charge in [-0.05, 0) is 42.5 Å². The number of phenolic OH excluding ortho intramolecular Hbond substituents is 1. The lowest BCUT2D eigenvalue weighted by atomic mass is 10.0. The molecule has 14 nitrogen and oxygen atoms in total. The summed E-state index contributed by atoms with van der Waals surface area (Å²) in [6.07, 6.45) is 4.21. The van der Waals surface area contributed by atoms with Gasteiger partial charge in [-0.15, -0.1) is 0 Å². The van der Waals surface area contributed by atoms with Gasteiger partial charge in [0.15, 0.2) is 0 Å². The number of thioether (sulfide) groups is 1. The van der Waals surface area contributed by atoms with Crippen LogP contribution in [0, 0.1) is 0 Å². The zero-order valence-corrected chi connectivity index (χ0v) is 22.6. The highest BCUT2D eigenvalue weighted by Crippen LogP contribution is 2.12. The van der Waals surface area contributed by atoms with E-state index in [1.165, 1.54) is 36.4 Å². The number of carboxylic acids is 2. The van der Waals surface area contributed by atoms with Gasteiger partial charge in [0.25, 0.3) is 0 Å². The van der Waals surface area contributed by atoms with Crippen LogP contribution in [0.4, 0.5) is 0 Å². The van der Waals surface area contributed by atoms with Crippen molar-refractivity contribution < 1.29 is 39.3 Å². The van der Waals surface area contributed by atoms with Crippen LogP contribution >= 0.6 is 11.8 Å². The van der Waals surface area contributed by atoms with Gasteiger partial charge in [-0.1, -0.05) is 12.1 Å². The second-order valence-electron chi connectivity index (χ2n) is 8.99. The molecule has 1 aromatic carbocycles. The maximum absolute atomic E-state index is 13.4. The molecule has 0 saturated heterocycles. The number of imidazole rings is 1. The third-order valence-corrected chi connectivity index (χ3v) is 6.49. The van der Waals surface area contributed by atoms with Gasteiger partial charge >= 0.3 is 11.9 Å². The van der Waals surface area contributed by atoms with E-state index in [1.807, 2.05) is 0 Å². The molecule has 0 aliphatic rings. The second kappa shape index (κ2) is 16.1. The third kappa shape index (κ3) is 10.9. The van der Waals surface area contributed by atoms with E-state index in [9.17, 15) is 34.2 Å². The van der Waals surface area contributed by atoms with Crippen LogP contribution in [0.2, 0.25) is 0 Å². The third-order valence-electron chi connectivity index (χ3n) is 5.85. The number of hydrogen-bond acceptors (Lipinski definition) is 9. The minimum Gasteiger partial charge on any atom is -0.508 e. The molecule has 15 heteroatoms. The standard InChI is InChI=1S/C25H34N6O8S/c1-40-9-8-18(23(36)30-19(25(38)39)6-7-21(33)34)29-24(37)20(10-14-2-4-16(32)5-3-14)31-22(35)17(26)11-15-12-27-13-28-15/h2-5,12-13,17-20,32H,6-11,26H2,1H3,(H,27,28)(H,29,37)(H,30,36)(H,31,35)(H,33,34)(H,38,39). The molecule has 1 aromatic heterocycles. The molecule has 0 bridgehead atoms. The fourth-order valence-electron chi connectivity index (χ4n) is 3.66. The van der Waals surface area contributed by atoms with Gasteiger partial charge in [0.1, 0.15) is 23.9 Å². The molecule has 2 rings (SSSR count). The van der Waals surface area contributed by atoms with E-state index in [4.69, 9.17) is 10.8 Å². The summed E-state index contributed by atoms with van der Waals surface area (Å²) in [6.45, 7) is 0. The molecule has 0 saturated carbocycles. The van der Waals surface area contributed by atoms with E-state index in [1.54, 1.807) is 18.4 Å². The lowest BCUT2D eigenvalue weighted by Gasteiger charge is -2.25. The lowest BCUT2D eigenvalue weighted by Crippen LogP contribution is -2.58. The van der Waals surface area contributed by atoms with Crippen LogP contribution in [-0.4, -0.2) is 91.1 Å². The first kappa shape index (κ1) is 32.1. The Labute approximate surface area is 234 Å². The smallest absolute Gasteiger partial charge is 0.326 e. The number of aromatic hydroxyl groups is 1. The monoisotopic (exact) mass is 578 g/mol. The Morgan fingerprint density at radius 1 is 0.925 bits per heavy atom. The van der Waals surface area contributed by atoms with Crippen LogP contribution in [0.1, 0.15) is 30.5 Å². The van der Waals surface area contributed by atoms with Crippen LogP contribution in [0.15, 0.2) is 36.8 Å². The highest BCUT2D eigenvalue weighted by molar-refractivity contribution is 7.98. The summed E-state index contributed by atoms with van der Waals surface area (Å²) >= 11 is 1.40. The van der Waals surface area contributed by atoms with Crippen molar-refractivity contribution in [3.8, 4) is 5.75 Å². The Kier molecular flexibility index (Phi) is 12.9. The molecule has 0 aliphatic carbocycles.